The van der Waals surface area contributed by atoms with Gasteiger partial charge in [-0.05, 0) is 35.9 Å². The smallest absolute Gasteiger partial charge is 0.194 e. The molecule has 4 heteroatoms. The zero-order chi connectivity index (χ0) is 15.4. The van der Waals surface area contributed by atoms with Crippen LogP contribution in [0.1, 0.15) is 22.9 Å². The molecular weight excluding hydrogens is 288 g/mol. The van der Waals surface area contributed by atoms with E-state index in [0.29, 0.717) is 6.54 Å². The van der Waals surface area contributed by atoms with Crippen LogP contribution in [0.5, 0.6) is 0 Å². The highest BCUT2D eigenvalue weighted by Crippen LogP contribution is 2.31. The maximum absolute atomic E-state index is 12.7. The molecule has 0 spiro atoms. The third kappa shape index (κ3) is 1.79. The minimum atomic E-state index is 0.00149. The van der Waals surface area contributed by atoms with Gasteiger partial charge in [0, 0.05) is 34.1 Å². The molecule has 112 valence electrons. The van der Waals surface area contributed by atoms with E-state index < -0.39 is 0 Å². The van der Waals surface area contributed by atoms with Crippen LogP contribution in [-0.4, -0.2) is 4.98 Å². The van der Waals surface area contributed by atoms with Gasteiger partial charge in [0.15, 0.2) is 5.43 Å². The Hall–Kier alpha value is -2.85. The van der Waals surface area contributed by atoms with Crippen molar-refractivity contribution >= 4 is 21.9 Å². The maximum atomic E-state index is 12.7. The number of nitrogens with one attached hydrogen (secondary N) is 2. The van der Waals surface area contributed by atoms with Crippen molar-refractivity contribution in [3.8, 4) is 0 Å². The zero-order valence-corrected chi connectivity index (χ0v) is 12.3. The number of pyridine rings is 1. The summed E-state index contributed by atoms with van der Waals surface area (Å²) < 4.78 is 5.40. The summed E-state index contributed by atoms with van der Waals surface area (Å²) in [7, 11) is 0. The predicted molar refractivity (Wildman–Crippen MR) is 89.5 cm³/mol. The normalized spacial score (nSPS) is 17.0. The molecule has 1 aliphatic rings. The Kier molecular flexibility index (Phi) is 2.52. The molecular formula is C19H14N2O2. The fourth-order valence-corrected chi connectivity index (χ4v) is 3.47. The van der Waals surface area contributed by atoms with Crippen molar-refractivity contribution in [3.63, 3.8) is 0 Å². The Morgan fingerprint density at radius 3 is 2.96 bits per heavy atom. The third-order valence-electron chi connectivity index (χ3n) is 4.62. The van der Waals surface area contributed by atoms with Crippen molar-refractivity contribution in [2.75, 3.05) is 0 Å². The van der Waals surface area contributed by atoms with Crippen LogP contribution in [0.2, 0.25) is 0 Å². The number of hydrogen-bond acceptors (Lipinski definition) is 3. The lowest BCUT2D eigenvalue weighted by atomic mass is 10.0. The molecule has 4 aromatic rings. The van der Waals surface area contributed by atoms with E-state index in [2.05, 4.69) is 16.4 Å². The van der Waals surface area contributed by atoms with Gasteiger partial charge in [-0.15, -0.1) is 0 Å². The number of aromatic nitrogens is 1. The molecule has 0 bridgehead atoms. The number of benzene rings is 2. The van der Waals surface area contributed by atoms with Crippen molar-refractivity contribution in [1.29, 1.82) is 0 Å². The molecule has 23 heavy (non-hydrogen) atoms. The molecule has 5 rings (SSSR count). The van der Waals surface area contributed by atoms with Gasteiger partial charge in [0.2, 0.25) is 0 Å². The highest BCUT2D eigenvalue weighted by molar-refractivity contribution is 5.80. The average molecular weight is 302 g/mol. The fraction of sp³-hybridized carbons (Fsp3) is 0.105. The summed E-state index contributed by atoms with van der Waals surface area (Å²) >= 11 is 0. The van der Waals surface area contributed by atoms with Crippen LogP contribution in [0.25, 0.3) is 21.9 Å². The number of fused-ring (bicyclic) bond motifs is 3. The van der Waals surface area contributed by atoms with Crippen LogP contribution in [0.3, 0.4) is 0 Å². The molecule has 0 unspecified atom stereocenters. The summed E-state index contributed by atoms with van der Waals surface area (Å²) in [5.41, 5.74) is 4.81. The Balaban J connectivity index is 1.73. The van der Waals surface area contributed by atoms with Crippen LogP contribution >= 0.6 is 0 Å². The standard InChI is InChI=1S/C19H14N2O2/c22-19-13-3-1-2-4-15(13)21-18-14(19)10-20-17(18)12-5-6-16-11(9-12)7-8-23-16/h1-9,17,20H,10H2,(H,21,22)/t17-/m1/s1. The molecule has 0 saturated heterocycles. The summed E-state index contributed by atoms with van der Waals surface area (Å²) in [5, 5.41) is 5.27. The Morgan fingerprint density at radius 1 is 1.09 bits per heavy atom. The summed E-state index contributed by atoms with van der Waals surface area (Å²) in [6, 6.07) is 15.8. The lowest BCUT2D eigenvalue weighted by Crippen LogP contribution is -2.13. The third-order valence-corrected chi connectivity index (χ3v) is 4.62. The largest absolute Gasteiger partial charge is 0.464 e. The first-order valence-electron chi connectivity index (χ1n) is 7.65. The SMILES string of the molecule is O=c1c2c([nH]c3ccccc13)[C@@H](c1ccc3occc3c1)NC2. The fourth-order valence-electron chi connectivity index (χ4n) is 3.47. The molecule has 1 aliphatic heterocycles. The summed E-state index contributed by atoms with van der Waals surface area (Å²) in [6.45, 7) is 0.587. The van der Waals surface area contributed by atoms with Crippen LogP contribution in [0.15, 0.2) is 64.0 Å². The first kappa shape index (κ1) is 12.7. The second-order valence-electron chi connectivity index (χ2n) is 5.92. The van der Waals surface area contributed by atoms with Crippen molar-refractivity contribution < 1.29 is 4.42 Å². The number of rotatable bonds is 1. The first-order chi connectivity index (χ1) is 11.3. The van der Waals surface area contributed by atoms with Crippen molar-refractivity contribution in [3.05, 3.63) is 81.8 Å². The quantitative estimate of drug-likeness (QED) is 0.566. The maximum Gasteiger partial charge on any atom is 0.194 e. The zero-order valence-electron chi connectivity index (χ0n) is 12.3. The molecule has 0 radical (unpaired) electrons. The predicted octanol–water partition coefficient (Wildman–Crippen LogP) is 3.47. The second kappa shape index (κ2) is 4.57. The van der Waals surface area contributed by atoms with Gasteiger partial charge in [-0.3, -0.25) is 4.79 Å². The van der Waals surface area contributed by atoms with E-state index in [1.807, 2.05) is 42.5 Å². The number of H-pyrrole nitrogens is 1. The first-order valence-corrected chi connectivity index (χ1v) is 7.65. The Labute approximate surface area is 131 Å². The molecule has 0 fully saturated rings. The second-order valence-corrected chi connectivity index (χ2v) is 5.92. The Morgan fingerprint density at radius 2 is 2.00 bits per heavy atom. The molecule has 0 amide bonds. The number of furan rings is 1. The van der Waals surface area contributed by atoms with Gasteiger partial charge in [-0.25, -0.2) is 0 Å². The van der Waals surface area contributed by atoms with Crippen molar-refractivity contribution in [1.82, 2.24) is 10.3 Å². The van der Waals surface area contributed by atoms with Crippen LogP contribution in [0.4, 0.5) is 0 Å². The van der Waals surface area contributed by atoms with E-state index in [-0.39, 0.29) is 11.5 Å². The van der Waals surface area contributed by atoms with Crippen molar-refractivity contribution in [2.45, 2.75) is 12.6 Å². The van der Waals surface area contributed by atoms with E-state index in [1.54, 1.807) is 6.26 Å². The van der Waals surface area contributed by atoms with Gasteiger partial charge >= 0.3 is 0 Å². The minimum Gasteiger partial charge on any atom is -0.464 e. The molecule has 1 atom stereocenters. The lowest BCUT2D eigenvalue weighted by Gasteiger charge is -2.13. The van der Waals surface area contributed by atoms with Gasteiger partial charge in [-0.1, -0.05) is 18.2 Å². The number of hydrogen-bond donors (Lipinski definition) is 2. The molecule has 2 aromatic heterocycles. The van der Waals surface area contributed by atoms with E-state index in [4.69, 9.17) is 4.42 Å². The molecule has 0 saturated carbocycles. The summed E-state index contributed by atoms with van der Waals surface area (Å²) in [5.74, 6) is 0. The summed E-state index contributed by atoms with van der Waals surface area (Å²) in [4.78, 5) is 16.1. The van der Waals surface area contributed by atoms with Crippen LogP contribution in [0, 0.1) is 0 Å². The summed E-state index contributed by atoms with van der Waals surface area (Å²) in [6.07, 6.45) is 1.69. The highest BCUT2D eigenvalue weighted by atomic mass is 16.3. The molecule has 0 aliphatic carbocycles. The van der Waals surface area contributed by atoms with E-state index >= 15 is 0 Å². The van der Waals surface area contributed by atoms with Crippen molar-refractivity contribution in [2.24, 2.45) is 0 Å². The van der Waals surface area contributed by atoms with Crippen LogP contribution < -0.4 is 10.7 Å². The molecule has 2 aromatic carbocycles. The van der Waals surface area contributed by atoms with Gasteiger partial charge in [0.05, 0.1) is 12.3 Å². The van der Waals surface area contributed by atoms with Gasteiger partial charge in [0.1, 0.15) is 5.58 Å². The number of para-hydroxylation sites is 1. The molecule has 2 N–H and O–H groups in total. The Bertz CT molecular complexity index is 1110. The van der Waals surface area contributed by atoms with Crippen LogP contribution in [-0.2, 0) is 6.54 Å². The van der Waals surface area contributed by atoms with Gasteiger partial charge in [0.25, 0.3) is 0 Å². The molecule has 4 nitrogen and oxygen atoms in total. The van der Waals surface area contributed by atoms with E-state index in [9.17, 15) is 4.79 Å². The van der Waals surface area contributed by atoms with Gasteiger partial charge in [-0.2, -0.15) is 0 Å². The van der Waals surface area contributed by atoms with E-state index in [1.165, 1.54) is 0 Å². The lowest BCUT2D eigenvalue weighted by molar-refractivity contribution is 0.615. The average Bonchev–Trinajstić information content (AvgIpc) is 3.21. The topological polar surface area (TPSA) is 58.0 Å². The molecule has 3 heterocycles. The minimum absolute atomic E-state index is 0.00149. The van der Waals surface area contributed by atoms with E-state index in [0.717, 1.165) is 38.7 Å². The highest BCUT2D eigenvalue weighted by Gasteiger charge is 2.27. The van der Waals surface area contributed by atoms with Gasteiger partial charge < -0.3 is 14.7 Å². The number of aromatic amines is 1. The monoisotopic (exact) mass is 302 g/mol.